The Hall–Kier alpha value is -0.920. The highest BCUT2D eigenvalue weighted by molar-refractivity contribution is 7.95. The van der Waals surface area contributed by atoms with Gasteiger partial charge in [0.15, 0.2) is 5.13 Å². The number of hydrogen-bond acceptors (Lipinski definition) is 6. The van der Waals surface area contributed by atoms with Gasteiger partial charge >= 0.3 is 0 Å². The summed E-state index contributed by atoms with van der Waals surface area (Å²) in [6.45, 7) is 0. The van der Waals surface area contributed by atoms with Crippen molar-refractivity contribution in [2.24, 2.45) is 0 Å². The molecule has 2 N–H and O–H groups in total. The lowest BCUT2D eigenvalue weighted by atomic mass is 10.7. The lowest BCUT2D eigenvalue weighted by Gasteiger charge is -1.94. The molecule has 0 aliphatic heterocycles. The first-order valence-electron chi connectivity index (χ1n) is 3.60. The van der Waals surface area contributed by atoms with Gasteiger partial charge in [-0.1, -0.05) is 17.4 Å². The zero-order valence-electron chi connectivity index (χ0n) is 6.88. The summed E-state index contributed by atoms with van der Waals surface area (Å²) in [5.41, 5.74) is 5.38. The Labute approximate surface area is 89.0 Å². The molecule has 7 heteroatoms. The Balaban J connectivity index is 2.54. The third-order valence-electron chi connectivity index (χ3n) is 1.53. The van der Waals surface area contributed by atoms with Gasteiger partial charge in [-0.3, -0.25) is 0 Å². The van der Waals surface area contributed by atoms with Crippen molar-refractivity contribution in [3.63, 3.8) is 0 Å². The van der Waals surface area contributed by atoms with Crippen molar-refractivity contribution >= 4 is 37.6 Å². The van der Waals surface area contributed by atoms with Crippen LogP contribution in [0.3, 0.4) is 0 Å². The second-order valence-corrected chi connectivity index (χ2v) is 6.87. The molecule has 2 aromatic heterocycles. The largest absolute Gasteiger partial charge is 0.375 e. The van der Waals surface area contributed by atoms with E-state index in [2.05, 4.69) is 4.98 Å². The molecule has 2 heterocycles. The van der Waals surface area contributed by atoms with E-state index in [1.165, 1.54) is 17.5 Å². The minimum atomic E-state index is -3.38. The van der Waals surface area contributed by atoms with Gasteiger partial charge in [0.05, 0.1) is 6.20 Å². The van der Waals surface area contributed by atoms with E-state index in [-0.39, 0.29) is 9.34 Å². The molecule has 0 radical (unpaired) electrons. The van der Waals surface area contributed by atoms with Gasteiger partial charge in [-0.15, -0.1) is 11.3 Å². The monoisotopic (exact) mass is 246 g/mol. The van der Waals surface area contributed by atoms with Gasteiger partial charge in [-0.05, 0) is 11.4 Å². The summed E-state index contributed by atoms with van der Waals surface area (Å²) in [5.74, 6) is 0. The number of thiazole rings is 1. The van der Waals surface area contributed by atoms with Crippen LogP contribution in [0.5, 0.6) is 0 Å². The fourth-order valence-corrected chi connectivity index (χ4v) is 4.49. The number of hydrogen-bond donors (Lipinski definition) is 1. The molecule has 0 saturated heterocycles. The van der Waals surface area contributed by atoms with E-state index in [1.807, 2.05) is 0 Å². The summed E-state index contributed by atoms with van der Waals surface area (Å²) < 4.78 is 24.2. The highest BCUT2D eigenvalue weighted by atomic mass is 32.3. The molecule has 0 aromatic carbocycles. The number of nitrogen functional groups attached to an aromatic ring is 1. The van der Waals surface area contributed by atoms with Gasteiger partial charge in [0, 0.05) is 0 Å². The number of anilines is 1. The number of nitrogens with two attached hydrogens (primary N) is 1. The Morgan fingerprint density at radius 2 is 2.14 bits per heavy atom. The minimum Gasteiger partial charge on any atom is -0.375 e. The number of rotatable bonds is 2. The Kier molecular flexibility index (Phi) is 2.30. The van der Waals surface area contributed by atoms with Gasteiger partial charge in [-0.2, -0.15) is 0 Å². The van der Waals surface area contributed by atoms with Crippen LogP contribution in [0.15, 0.2) is 32.1 Å². The second kappa shape index (κ2) is 3.34. The van der Waals surface area contributed by atoms with E-state index in [4.69, 9.17) is 5.73 Å². The molecule has 4 nitrogen and oxygen atoms in total. The average molecular weight is 246 g/mol. The smallest absolute Gasteiger partial charge is 0.226 e. The maximum atomic E-state index is 11.8. The molecular formula is C7H6N2O2S3. The Morgan fingerprint density at radius 3 is 2.64 bits per heavy atom. The number of nitrogens with zero attached hydrogens (tertiary/aromatic N) is 1. The topological polar surface area (TPSA) is 73.0 Å². The number of sulfone groups is 1. The Bertz CT molecular complexity index is 527. The summed E-state index contributed by atoms with van der Waals surface area (Å²) in [6.07, 6.45) is 1.29. The predicted octanol–water partition coefficient (Wildman–Crippen LogP) is 1.62. The Morgan fingerprint density at radius 1 is 1.36 bits per heavy atom. The molecule has 2 aromatic rings. The normalized spacial score (nSPS) is 11.7. The highest BCUT2D eigenvalue weighted by Gasteiger charge is 2.21. The van der Waals surface area contributed by atoms with E-state index < -0.39 is 9.84 Å². The average Bonchev–Trinajstić information content (AvgIpc) is 2.72. The maximum absolute atomic E-state index is 11.8. The van der Waals surface area contributed by atoms with E-state index >= 15 is 0 Å². The van der Waals surface area contributed by atoms with Crippen LogP contribution >= 0.6 is 22.7 Å². The van der Waals surface area contributed by atoms with Crippen LogP contribution in [0, 0.1) is 0 Å². The van der Waals surface area contributed by atoms with Crippen LogP contribution in [0.25, 0.3) is 0 Å². The first-order chi connectivity index (χ1) is 6.60. The molecule has 74 valence electrons. The van der Waals surface area contributed by atoms with E-state index in [9.17, 15) is 8.42 Å². The zero-order chi connectivity index (χ0) is 10.2. The van der Waals surface area contributed by atoms with Crippen molar-refractivity contribution in [2.45, 2.75) is 8.42 Å². The van der Waals surface area contributed by atoms with Gasteiger partial charge in [0.25, 0.3) is 0 Å². The van der Waals surface area contributed by atoms with Crippen LogP contribution < -0.4 is 5.73 Å². The molecule has 0 saturated carbocycles. The standard InChI is InChI=1S/C7H6N2O2S3/c8-7-9-4-6(13-7)14(10,11)5-2-1-3-12-5/h1-4H,(H2,8,9). The third-order valence-corrected chi connectivity index (χ3v) is 5.97. The SMILES string of the molecule is Nc1ncc(S(=O)(=O)c2cccs2)s1. The van der Waals surface area contributed by atoms with Gasteiger partial charge in [0.1, 0.15) is 8.42 Å². The van der Waals surface area contributed by atoms with Crippen molar-refractivity contribution in [3.05, 3.63) is 23.7 Å². The fourth-order valence-electron chi connectivity index (χ4n) is 0.912. The van der Waals surface area contributed by atoms with Gasteiger partial charge in [0.2, 0.25) is 9.84 Å². The molecule has 0 spiro atoms. The zero-order valence-corrected chi connectivity index (χ0v) is 9.32. The van der Waals surface area contributed by atoms with Crippen LogP contribution in [0.1, 0.15) is 0 Å². The quantitative estimate of drug-likeness (QED) is 0.874. The first kappa shape index (κ1) is 9.63. The second-order valence-electron chi connectivity index (χ2n) is 2.45. The molecule has 14 heavy (non-hydrogen) atoms. The first-order valence-corrected chi connectivity index (χ1v) is 6.78. The van der Waals surface area contributed by atoms with Crippen LogP contribution in [0.2, 0.25) is 0 Å². The van der Waals surface area contributed by atoms with E-state index in [0.29, 0.717) is 4.21 Å². The molecule has 0 bridgehead atoms. The number of thiophene rings is 1. The molecule has 0 amide bonds. The third kappa shape index (κ3) is 1.54. The van der Waals surface area contributed by atoms with Crippen molar-refractivity contribution in [1.82, 2.24) is 4.98 Å². The van der Waals surface area contributed by atoms with Crippen LogP contribution in [-0.4, -0.2) is 13.4 Å². The van der Waals surface area contributed by atoms with E-state index in [0.717, 1.165) is 11.3 Å². The van der Waals surface area contributed by atoms with Crippen LogP contribution in [-0.2, 0) is 9.84 Å². The summed E-state index contributed by atoms with van der Waals surface area (Å²) >= 11 is 2.16. The summed E-state index contributed by atoms with van der Waals surface area (Å²) in [4.78, 5) is 3.71. The molecule has 0 aliphatic rings. The summed E-state index contributed by atoms with van der Waals surface area (Å²) in [5, 5.41) is 1.98. The van der Waals surface area contributed by atoms with Gasteiger partial charge in [-0.25, -0.2) is 13.4 Å². The van der Waals surface area contributed by atoms with Crippen molar-refractivity contribution in [2.75, 3.05) is 5.73 Å². The lowest BCUT2D eigenvalue weighted by molar-refractivity contribution is 0.600. The minimum absolute atomic E-state index is 0.192. The van der Waals surface area contributed by atoms with Gasteiger partial charge < -0.3 is 5.73 Å². The predicted molar refractivity (Wildman–Crippen MR) is 56.3 cm³/mol. The molecule has 0 atom stereocenters. The number of aromatic nitrogens is 1. The van der Waals surface area contributed by atoms with Crippen LogP contribution in [0.4, 0.5) is 5.13 Å². The molecule has 0 fully saturated rings. The molecule has 2 rings (SSSR count). The highest BCUT2D eigenvalue weighted by Crippen LogP contribution is 2.29. The van der Waals surface area contributed by atoms with E-state index in [1.54, 1.807) is 17.5 Å². The van der Waals surface area contributed by atoms with Crippen molar-refractivity contribution in [3.8, 4) is 0 Å². The van der Waals surface area contributed by atoms with Crippen molar-refractivity contribution < 1.29 is 8.42 Å². The summed E-state index contributed by atoms with van der Waals surface area (Å²) in [6, 6.07) is 3.26. The molecular weight excluding hydrogens is 240 g/mol. The van der Waals surface area contributed by atoms with Crippen molar-refractivity contribution in [1.29, 1.82) is 0 Å². The maximum Gasteiger partial charge on any atom is 0.226 e. The molecule has 0 aliphatic carbocycles. The summed E-state index contributed by atoms with van der Waals surface area (Å²) in [7, 11) is -3.38. The molecule has 0 unspecified atom stereocenters. The fraction of sp³-hybridized carbons (Fsp3) is 0. The lowest BCUT2D eigenvalue weighted by Crippen LogP contribution is -1.95.